The summed E-state index contributed by atoms with van der Waals surface area (Å²) in [6.45, 7) is 0.273. The minimum Gasteiger partial charge on any atom is -0.550 e. The van der Waals surface area contributed by atoms with Gasteiger partial charge in [0.2, 0.25) is 5.91 Å². The van der Waals surface area contributed by atoms with Crippen LogP contribution in [0, 0.1) is 17.7 Å². The first-order valence-electron chi connectivity index (χ1n) is 6.81. The van der Waals surface area contributed by atoms with Crippen LogP contribution in [0.1, 0.15) is 31.2 Å². The lowest BCUT2D eigenvalue weighted by Crippen LogP contribution is -2.44. The van der Waals surface area contributed by atoms with E-state index in [9.17, 15) is 19.1 Å². The van der Waals surface area contributed by atoms with Gasteiger partial charge < -0.3 is 15.2 Å². The van der Waals surface area contributed by atoms with E-state index in [1.54, 1.807) is 12.1 Å². The lowest BCUT2D eigenvalue weighted by atomic mass is 9.78. The standard InChI is InChI=1S/C15H18FNO3/c16-11-7-5-10(6-8-11)9-17-14(18)12-3-1-2-4-13(12)15(19)20/h5-8,12-13H,1-4,9H2,(H,17,18)(H,19,20)/p-1/t12-,13-/m0/s1. The van der Waals surface area contributed by atoms with Crippen LogP contribution in [0.15, 0.2) is 24.3 Å². The van der Waals surface area contributed by atoms with E-state index in [-0.39, 0.29) is 18.3 Å². The van der Waals surface area contributed by atoms with Crippen LogP contribution in [-0.2, 0) is 16.1 Å². The second kappa shape index (κ2) is 6.50. The van der Waals surface area contributed by atoms with Crippen LogP contribution in [-0.4, -0.2) is 11.9 Å². The van der Waals surface area contributed by atoms with Crippen LogP contribution in [0.4, 0.5) is 4.39 Å². The molecular formula is C15H17FNO3-. The van der Waals surface area contributed by atoms with Crippen LogP contribution in [0.3, 0.4) is 0 Å². The van der Waals surface area contributed by atoms with Crippen LogP contribution in [0.2, 0.25) is 0 Å². The van der Waals surface area contributed by atoms with Crippen molar-refractivity contribution in [3.8, 4) is 0 Å². The van der Waals surface area contributed by atoms with Gasteiger partial charge in [0.1, 0.15) is 5.82 Å². The molecular weight excluding hydrogens is 261 g/mol. The molecule has 1 fully saturated rings. The molecule has 0 unspecified atom stereocenters. The summed E-state index contributed by atoms with van der Waals surface area (Å²) >= 11 is 0. The summed E-state index contributed by atoms with van der Waals surface area (Å²) in [5.74, 6) is -2.95. The van der Waals surface area contributed by atoms with Gasteiger partial charge in [-0.3, -0.25) is 4.79 Å². The maximum atomic E-state index is 12.8. The van der Waals surface area contributed by atoms with E-state index in [4.69, 9.17) is 0 Å². The molecule has 1 amide bonds. The van der Waals surface area contributed by atoms with Crippen LogP contribution < -0.4 is 10.4 Å². The molecule has 0 spiro atoms. The second-order valence-electron chi connectivity index (χ2n) is 5.16. The maximum absolute atomic E-state index is 12.8. The zero-order valence-electron chi connectivity index (χ0n) is 11.1. The van der Waals surface area contributed by atoms with Gasteiger partial charge in [0, 0.05) is 24.3 Å². The molecule has 0 bridgehead atoms. The molecule has 1 saturated carbocycles. The molecule has 1 aliphatic rings. The molecule has 2 rings (SSSR count). The molecule has 0 aromatic heterocycles. The number of amides is 1. The Hall–Kier alpha value is -1.91. The van der Waals surface area contributed by atoms with Crippen molar-refractivity contribution in [3.63, 3.8) is 0 Å². The van der Waals surface area contributed by atoms with Crippen LogP contribution >= 0.6 is 0 Å². The fourth-order valence-corrected chi connectivity index (χ4v) is 2.65. The topological polar surface area (TPSA) is 69.2 Å². The fraction of sp³-hybridized carbons (Fsp3) is 0.467. The molecule has 4 nitrogen and oxygen atoms in total. The van der Waals surface area contributed by atoms with Crippen molar-refractivity contribution in [2.45, 2.75) is 32.2 Å². The number of halogens is 1. The zero-order valence-corrected chi connectivity index (χ0v) is 11.1. The number of carbonyl (C=O) groups is 2. The average Bonchev–Trinajstić information content (AvgIpc) is 2.46. The summed E-state index contributed by atoms with van der Waals surface area (Å²) in [6, 6.07) is 5.83. The van der Waals surface area contributed by atoms with E-state index in [1.165, 1.54) is 12.1 Å². The van der Waals surface area contributed by atoms with Gasteiger partial charge in [-0.15, -0.1) is 0 Å². The van der Waals surface area contributed by atoms with E-state index in [0.29, 0.717) is 12.8 Å². The van der Waals surface area contributed by atoms with Gasteiger partial charge in [0.05, 0.1) is 0 Å². The predicted octanol–water partition coefficient (Wildman–Crippen LogP) is 0.998. The van der Waals surface area contributed by atoms with E-state index in [2.05, 4.69) is 5.32 Å². The average molecular weight is 278 g/mol. The van der Waals surface area contributed by atoms with Gasteiger partial charge in [0.25, 0.3) is 0 Å². The van der Waals surface area contributed by atoms with E-state index < -0.39 is 17.8 Å². The lowest BCUT2D eigenvalue weighted by Gasteiger charge is -2.31. The Morgan fingerprint density at radius 1 is 1.15 bits per heavy atom. The molecule has 2 atom stereocenters. The SMILES string of the molecule is O=C([O-])[C@H]1CCCC[C@@H]1C(=O)NCc1ccc(F)cc1. The van der Waals surface area contributed by atoms with Gasteiger partial charge in [-0.05, 0) is 30.5 Å². The van der Waals surface area contributed by atoms with Gasteiger partial charge in [-0.1, -0.05) is 25.0 Å². The molecule has 1 aliphatic carbocycles. The molecule has 1 aromatic rings. The number of nitrogens with one attached hydrogen (secondary N) is 1. The first kappa shape index (κ1) is 14.5. The third-order valence-corrected chi connectivity index (χ3v) is 3.79. The van der Waals surface area contributed by atoms with Crippen molar-refractivity contribution in [1.29, 1.82) is 0 Å². The molecule has 0 saturated heterocycles. The Morgan fingerprint density at radius 2 is 1.75 bits per heavy atom. The number of carboxylic acid groups (broad SMARTS) is 1. The monoisotopic (exact) mass is 278 g/mol. The highest BCUT2D eigenvalue weighted by Gasteiger charge is 2.31. The molecule has 108 valence electrons. The Bertz CT molecular complexity index is 486. The molecule has 1 aromatic carbocycles. The minimum atomic E-state index is -1.15. The highest BCUT2D eigenvalue weighted by atomic mass is 19.1. The van der Waals surface area contributed by atoms with Gasteiger partial charge in [0.15, 0.2) is 0 Å². The molecule has 1 N–H and O–H groups in total. The van der Waals surface area contributed by atoms with Crippen molar-refractivity contribution >= 4 is 11.9 Å². The number of hydrogen-bond acceptors (Lipinski definition) is 3. The lowest BCUT2D eigenvalue weighted by molar-refractivity contribution is -0.314. The third kappa shape index (κ3) is 3.56. The summed E-state index contributed by atoms with van der Waals surface area (Å²) in [6.07, 6.45) is 2.75. The Balaban J connectivity index is 1.93. The number of aliphatic carboxylic acids is 1. The molecule has 5 heteroatoms. The predicted molar refractivity (Wildman–Crippen MR) is 68.7 cm³/mol. The summed E-state index contributed by atoms with van der Waals surface area (Å²) in [7, 11) is 0. The summed E-state index contributed by atoms with van der Waals surface area (Å²) in [4.78, 5) is 23.1. The zero-order chi connectivity index (χ0) is 14.5. The summed E-state index contributed by atoms with van der Waals surface area (Å²) in [5.41, 5.74) is 0.778. The first-order chi connectivity index (χ1) is 9.58. The van der Waals surface area contributed by atoms with Crippen LogP contribution in [0.5, 0.6) is 0 Å². The van der Waals surface area contributed by atoms with Crippen LogP contribution in [0.25, 0.3) is 0 Å². The molecule has 0 heterocycles. The summed E-state index contributed by atoms with van der Waals surface area (Å²) < 4.78 is 12.8. The number of carbonyl (C=O) groups excluding carboxylic acids is 2. The van der Waals surface area contributed by atoms with Crippen molar-refractivity contribution in [3.05, 3.63) is 35.6 Å². The minimum absolute atomic E-state index is 0.261. The smallest absolute Gasteiger partial charge is 0.224 e. The number of carboxylic acids is 1. The molecule has 0 aliphatic heterocycles. The third-order valence-electron chi connectivity index (χ3n) is 3.79. The van der Waals surface area contributed by atoms with Crippen molar-refractivity contribution in [2.24, 2.45) is 11.8 Å². The van der Waals surface area contributed by atoms with Crippen molar-refractivity contribution in [1.82, 2.24) is 5.32 Å². The van der Waals surface area contributed by atoms with Gasteiger partial charge in [-0.25, -0.2) is 4.39 Å². The first-order valence-corrected chi connectivity index (χ1v) is 6.81. The van der Waals surface area contributed by atoms with Crippen molar-refractivity contribution in [2.75, 3.05) is 0 Å². The Morgan fingerprint density at radius 3 is 2.35 bits per heavy atom. The number of hydrogen-bond donors (Lipinski definition) is 1. The quantitative estimate of drug-likeness (QED) is 0.893. The molecule has 0 radical (unpaired) electrons. The molecule has 20 heavy (non-hydrogen) atoms. The number of benzene rings is 1. The Kier molecular flexibility index (Phi) is 4.71. The normalized spacial score (nSPS) is 22.2. The highest BCUT2D eigenvalue weighted by Crippen LogP contribution is 2.29. The highest BCUT2D eigenvalue weighted by molar-refractivity contribution is 5.84. The van der Waals surface area contributed by atoms with Crippen molar-refractivity contribution < 1.29 is 19.1 Å². The Labute approximate surface area is 117 Å². The number of rotatable bonds is 4. The summed E-state index contributed by atoms with van der Waals surface area (Å²) in [5, 5.41) is 13.8. The largest absolute Gasteiger partial charge is 0.550 e. The maximum Gasteiger partial charge on any atom is 0.224 e. The van der Waals surface area contributed by atoms with Gasteiger partial charge in [-0.2, -0.15) is 0 Å². The van der Waals surface area contributed by atoms with E-state index in [0.717, 1.165) is 18.4 Å². The second-order valence-corrected chi connectivity index (χ2v) is 5.16. The van der Waals surface area contributed by atoms with Gasteiger partial charge >= 0.3 is 0 Å². The van der Waals surface area contributed by atoms with E-state index in [1.807, 2.05) is 0 Å². The fourth-order valence-electron chi connectivity index (χ4n) is 2.65. The van der Waals surface area contributed by atoms with E-state index >= 15 is 0 Å².